The Balaban J connectivity index is 2.00. The van der Waals surface area contributed by atoms with Crippen molar-refractivity contribution in [2.45, 2.75) is 19.4 Å². The van der Waals surface area contributed by atoms with E-state index in [1.165, 1.54) is 12.4 Å². The molecule has 1 aromatic carbocycles. The molecule has 0 saturated heterocycles. The molecule has 0 saturated carbocycles. The van der Waals surface area contributed by atoms with Gasteiger partial charge in [-0.15, -0.1) is 0 Å². The smallest absolute Gasteiger partial charge is 0.266 e. The van der Waals surface area contributed by atoms with Crippen LogP contribution in [-0.2, 0) is 4.79 Å². The minimum Gasteiger partial charge on any atom is -0.481 e. The largest absolute Gasteiger partial charge is 0.481 e. The van der Waals surface area contributed by atoms with Crippen LogP contribution >= 0.6 is 15.9 Å². The summed E-state index contributed by atoms with van der Waals surface area (Å²) in [6.45, 7) is 1.89. The zero-order valence-corrected chi connectivity index (χ0v) is 12.5. The molecule has 0 radical (unpaired) electrons. The maximum atomic E-state index is 12.1. The van der Waals surface area contributed by atoms with Crippen LogP contribution in [0.1, 0.15) is 13.3 Å². The molecule has 0 fully saturated rings. The molecule has 20 heavy (non-hydrogen) atoms. The highest BCUT2D eigenvalue weighted by Gasteiger charge is 2.18. The number of hydrogen-bond donors (Lipinski definition) is 1. The van der Waals surface area contributed by atoms with Crippen LogP contribution in [0.3, 0.4) is 0 Å². The number of carbonyl (C=O) groups excluding carboxylic acids is 1. The quantitative estimate of drug-likeness (QED) is 0.912. The van der Waals surface area contributed by atoms with Crippen LogP contribution < -0.4 is 10.1 Å². The number of rotatable bonds is 5. The highest BCUT2D eigenvalue weighted by Crippen LogP contribution is 2.18. The fourth-order valence-electron chi connectivity index (χ4n) is 1.57. The summed E-state index contributed by atoms with van der Waals surface area (Å²) >= 11 is 3.35. The van der Waals surface area contributed by atoms with E-state index in [2.05, 4.69) is 31.2 Å². The molecule has 0 unspecified atom stereocenters. The molecule has 0 aliphatic carbocycles. The van der Waals surface area contributed by atoms with Crippen LogP contribution in [0.5, 0.6) is 5.75 Å². The molecular formula is C14H14BrN3O2. The van der Waals surface area contributed by atoms with Crippen LogP contribution in [0.15, 0.2) is 47.3 Å². The molecular weight excluding hydrogens is 322 g/mol. The number of amides is 1. The van der Waals surface area contributed by atoms with E-state index in [1.54, 1.807) is 6.20 Å². The van der Waals surface area contributed by atoms with Gasteiger partial charge in [-0.25, -0.2) is 4.98 Å². The monoisotopic (exact) mass is 335 g/mol. The van der Waals surface area contributed by atoms with Gasteiger partial charge in [-0.05, 0) is 30.7 Å². The Labute approximate surface area is 125 Å². The fraction of sp³-hybridized carbons (Fsp3) is 0.214. The zero-order chi connectivity index (χ0) is 14.4. The van der Waals surface area contributed by atoms with E-state index < -0.39 is 6.10 Å². The molecule has 104 valence electrons. The van der Waals surface area contributed by atoms with Crippen molar-refractivity contribution >= 4 is 27.7 Å². The first kappa shape index (κ1) is 14.5. The lowest BCUT2D eigenvalue weighted by molar-refractivity contribution is -0.122. The summed E-state index contributed by atoms with van der Waals surface area (Å²) in [5.41, 5.74) is 0. The zero-order valence-electron chi connectivity index (χ0n) is 10.9. The molecule has 1 heterocycles. The summed E-state index contributed by atoms with van der Waals surface area (Å²) in [6, 6.07) is 7.34. The summed E-state index contributed by atoms with van der Waals surface area (Å²) < 4.78 is 6.63. The van der Waals surface area contributed by atoms with Crippen molar-refractivity contribution in [2.75, 3.05) is 5.32 Å². The van der Waals surface area contributed by atoms with E-state index >= 15 is 0 Å². The van der Waals surface area contributed by atoms with E-state index in [0.717, 1.165) is 4.47 Å². The molecule has 0 aliphatic heterocycles. The predicted molar refractivity (Wildman–Crippen MR) is 79.5 cm³/mol. The number of halogens is 1. The Morgan fingerprint density at radius 3 is 2.70 bits per heavy atom. The first-order valence-electron chi connectivity index (χ1n) is 6.18. The van der Waals surface area contributed by atoms with E-state index in [1.807, 2.05) is 31.2 Å². The minimum atomic E-state index is -0.571. The lowest BCUT2D eigenvalue weighted by Gasteiger charge is -2.16. The van der Waals surface area contributed by atoms with Crippen LogP contribution in [0.25, 0.3) is 0 Å². The van der Waals surface area contributed by atoms with Gasteiger partial charge in [0.15, 0.2) is 11.9 Å². The Bertz CT molecular complexity index is 560. The number of hydrogen-bond acceptors (Lipinski definition) is 4. The normalized spacial score (nSPS) is 11.7. The topological polar surface area (TPSA) is 64.1 Å². The lowest BCUT2D eigenvalue weighted by atomic mass is 10.2. The van der Waals surface area contributed by atoms with Gasteiger partial charge < -0.3 is 10.1 Å². The third kappa shape index (κ3) is 4.03. The van der Waals surface area contributed by atoms with Crippen molar-refractivity contribution in [3.63, 3.8) is 0 Å². The van der Waals surface area contributed by atoms with Crippen LogP contribution in [0.4, 0.5) is 5.82 Å². The lowest BCUT2D eigenvalue weighted by Crippen LogP contribution is -2.32. The van der Waals surface area contributed by atoms with Gasteiger partial charge in [-0.2, -0.15) is 0 Å². The van der Waals surface area contributed by atoms with Gasteiger partial charge in [-0.3, -0.25) is 9.78 Å². The minimum absolute atomic E-state index is 0.240. The summed E-state index contributed by atoms with van der Waals surface area (Å²) in [5, 5.41) is 2.68. The molecule has 1 N–H and O–H groups in total. The van der Waals surface area contributed by atoms with Gasteiger partial charge >= 0.3 is 0 Å². The molecule has 2 rings (SSSR count). The maximum Gasteiger partial charge on any atom is 0.266 e. The van der Waals surface area contributed by atoms with Crippen molar-refractivity contribution in [1.82, 2.24) is 9.97 Å². The fourth-order valence-corrected chi connectivity index (χ4v) is 1.83. The summed E-state index contributed by atoms with van der Waals surface area (Å²) in [6.07, 6.45) is 4.54. The predicted octanol–water partition coefficient (Wildman–Crippen LogP) is 3.04. The number of anilines is 1. The van der Waals surface area contributed by atoms with Crippen molar-refractivity contribution < 1.29 is 9.53 Å². The van der Waals surface area contributed by atoms with Gasteiger partial charge in [-0.1, -0.05) is 22.9 Å². The van der Waals surface area contributed by atoms with E-state index in [4.69, 9.17) is 4.74 Å². The second kappa shape index (κ2) is 7.00. The van der Waals surface area contributed by atoms with Crippen LogP contribution in [0, 0.1) is 0 Å². The number of nitrogens with zero attached hydrogens (tertiary/aromatic N) is 2. The van der Waals surface area contributed by atoms with Crippen LogP contribution in [0.2, 0.25) is 0 Å². The molecule has 1 atom stereocenters. The van der Waals surface area contributed by atoms with Crippen molar-refractivity contribution in [3.8, 4) is 5.75 Å². The second-order valence-corrected chi connectivity index (χ2v) is 4.96. The van der Waals surface area contributed by atoms with Crippen molar-refractivity contribution in [2.24, 2.45) is 0 Å². The molecule has 1 aromatic heterocycles. The van der Waals surface area contributed by atoms with Crippen LogP contribution in [-0.4, -0.2) is 22.0 Å². The number of carbonyl (C=O) groups is 1. The molecule has 0 spiro atoms. The Kier molecular flexibility index (Phi) is 5.06. The van der Waals surface area contributed by atoms with Crippen molar-refractivity contribution in [3.05, 3.63) is 47.3 Å². The molecule has 1 amide bonds. The second-order valence-electron chi connectivity index (χ2n) is 4.05. The maximum absolute atomic E-state index is 12.1. The SMILES string of the molecule is CC[C@H](Oc1ccc(Br)cc1)C(=O)Nc1cnccn1. The Hall–Kier alpha value is -1.95. The van der Waals surface area contributed by atoms with Gasteiger partial charge in [0.2, 0.25) is 0 Å². The van der Waals surface area contributed by atoms with Gasteiger partial charge in [0.1, 0.15) is 5.75 Å². The number of nitrogens with one attached hydrogen (secondary N) is 1. The van der Waals surface area contributed by atoms with Crippen molar-refractivity contribution in [1.29, 1.82) is 0 Å². The van der Waals surface area contributed by atoms with Gasteiger partial charge in [0.25, 0.3) is 5.91 Å². The molecule has 2 aromatic rings. The third-order valence-electron chi connectivity index (χ3n) is 2.57. The first-order valence-corrected chi connectivity index (χ1v) is 6.97. The average molecular weight is 336 g/mol. The Morgan fingerprint density at radius 2 is 2.10 bits per heavy atom. The summed E-state index contributed by atoms with van der Waals surface area (Å²) in [4.78, 5) is 20.0. The molecule has 5 nitrogen and oxygen atoms in total. The molecule has 6 heteroatoms. The van der Waals surface area contributed by atoms with E-state index in [-0.39, 0.29) is 5.91 Å². The number of benzene rings is 1. The molecule has 0 aliphatic rings. The summed E-state index contributed by atoms with van der Waals surface area (Å²) in [5.74, 6) is 0.820. The average Bonchev–Trinajstić information content (AvgIpc) is 2.47. The van der Waals surface area contributed by atoms with E-state index in [9.17, 15) is 4.79 Å². The van der Waals surface area contributed by atoms with E-state index in [0.29, 0.717) is 18.0 Å². The summed E-state index contributed by atoms with van der Waals surface area (Å²) in [7, 11) is 0. The number of aromatic nitrogens is 2. The standard InChI is InChI=1S/C14H14BrN3O2/c1-2-12(20-11-5-3-10(15)4-6-11)14(19)18-13-9-16-7-8-17-13/h3-9,12H,2H2,1H3,(H,17,18,19)/t12-/m0/s1. The first-order chi connectivity index (χ1) is 9.69. The van der Waals surface area contributed by atoms with Gasteiger partial charge in [0.05, 0.1) is 6.20 Å². The number of ether oxygens (including phenoxy) is 1. The molecule has 0 bridgehead atoms. The Morgan fingerprint density at radius 1 is 1.35 bits per heavy atom. The van der Waals surface area contributed by atoms with Gasteiger partial charge in [0, 0.05) is 16.9 Å². The highest BCUT2D eigenvalue weighted by atomic mass is 79.9. The highest BCUT2D eigenvalue weighted by molar-refractivity contribution is 9.10. The third-order valence-corrected chi connectivity index (χ3v) is 3.10.